The molecule has 0 saturated heterocycles. The van der Waals surface area contributed by atoms with Crippen molar-refractivity contribution in [3.63, 3.8) is 0 Å². The Morgan fingerprint density at radius 1 is 1.12 bits per heavy atom. The molecule has 0 unspecified atom stereocenters. The standard InChI is InChI=1S/C19H20N4O2/c1-23-13-12-20-18(23)17(15-10-6-7-11-16(15)25-2)22-19(24)21-14-8-4-3-5-9-14/h3-13,17H,1-2H3,(H2,21,22,24)/t17-/m0/s1. The van der Waals surface area contributed by atoms with Crippen LogP contribution in [0.25, 0.3) is 0 Å². The first-order chi connectivity index (χ1) is 12.2. The van der Waals surface area contributed by atoms with Gasteiger partial charge in [0.05, 0.1) is 7.11 Å². The number of carbonyl (C=O) groups excluding carboxylic acids is 1. The normalized spacial score (nSPS) is 11.6. The van der Waals surface area contributed by atoms with E-state index in [9.17, 15) is 4.79 Å². The molecule has 0 aliphatic rings. The fraction of sp³-hybridized carbons (Fsp3) is 0.158. The van der Waals surface area contributed by atoms with Crippen molar-refractivity contribution in [3.05, 3.63) is 78.4 Å². The number of aromatic nitrogens is 2. The third kappa shape index (κ3) is 3.80. The molecule has 0 fully saturated rings. The van der Waals surface area contributed by atoms with E-state index in [0.29, 0.717) is 11.6 Å². The number of amides is 2. The number of benzene rings is 2. The summed E-state index contributed by atoms with van der Waals surface area (Å²) in [6, 6.07) is 16.1. The van der Waals surface area contributed by atoms with Gasteiger partial charge in [-0.3, -0.25) is 0 Å². The number of rotatable bonds is 5. The quantitative estimate of drug-likeness (QED) is 0.751. The molecule has 0 spiro atoms. The van der Waals surface area contributed by atoms with Gasteiger partial charge in [-0.15, -0.1) is 0 Å². The average Bonchev–Trinajstić information content (AvgIpc) is 3.06. The fourth-order valence-corrected chi connectivity index (χ4v) is 2.66. The first kappa shape index (κ1) is 16.6. The number of urea groups is 1. The molecular weight excluding hydrogens is 316 g/mol. The first-order valence-electron chi connectivity index (χ1n) is 7.91. The Labute approximate surface area is 146 Å². The maximum atomic E-state index is 12.5. The largest absolute Gasteiger partial charge is 0.496 e. The van der Waals surface area contributed by atoms with E-state index in [1.165, 1.54) is 0 Å². The number of anilines is 1. The van der Waals surface area contributed by atoms with Crippen molar-refractivity contribution in [1.82, 2.24) is 14.9 Å². The summed E-state index contributed by atoms with van der Waals surface area (Å²) in [6.45, 7) is 0. The molecule has 2 amide bonds. The van der Waals surface area contributed by atoms with Crippen molar-refractivity contribution in [2.75, 3.05) is 12.4 Å². The van der Waals surface area contributed by atoms with E-state index < -0.39 is 6.04 Å². The minimum atomic E-state index is -0.445. The Kier molecular flexibility index (Phi) is 4.99. The maximum absolute atomic E-state index is 12.5. The zero-order chi connectivity index (χ0) is 17.6. The molecule has 0 saturated carbocycles. The molecule has 6 nitrogen and oxygen atoms in total. The van der Waals surface area contributed by atoms with E-state index >= 15 is 0 Å². The lowest BCUT2D eigenvalue weighted by molar-refractivity contribution is 0.249. The van der Waals surface area contributed by atoms with Crippen molar-refractivity contribution < 1.29 is 9.53 Å². The highest BCUT2D eigenvalue weighted by atomic mass is 16.5. The van der Waals surface area contributed by atoms with Gasteiger partial charge in [-0.1, -0.05) is 36.4 Å². The van der Waals surface area contributed by atoms with Crippen LogP contribution < -0.4 is 15.4 Å². The molecule has 25 heavy (non-hydrogen) atoms. The molecule has 1 atom stereocenters. The highest BCUT2D eigenvalue weighted by molar-refractivity contribution is 5.89. The van der Waals surface area contributed by atoms with Crippen molar-refractivity contribution in [2.24, 2.45) is 7.05 Å². The summed E-state index contributed by atoms with van der Waals surface area (Å²) in [5.74, 6) is 1.41. The molecule has 1 aromatic heterocycles. The number of ether oxygens (including phenoxy) is 1. The number of imidazole rings is 1. The molecule has 6 heteroatoms. The number of carbonyl (C=O) groups is 1. The van der Waals surface area contributed by atoms with Gasteiger partial charge >= 0.3 is 6.03 Å². The Hall–Kier alpha value is -3.28. The minimum Gasteiger partial charge on any atom is -0.496 e. The summed E-state index contributed by atoms with van der Waals surface area (Å²) in [4.78, 5) is 16.9. The van der Waals surface area contributed by atoms with Crippen LogP contribution in [0.3, 0.4) is 0 Å². The van der Waals surface area contributed by atoms with E-state index in [2.05, 4.69) is 15.6 Å². The molecule has 2 N–H and O–H groups in total. The number of hydrogen-bond donors (Lipinski definition) is 2. The SMILES string of the molecule is COc1ccccc1[C@H](NC(=O)Nc1ccccc1)c1nccn1C. The fourth-order valence-electron chi connectivity index (χ4n) is 2.66. The molecular formula is C19H20N4O2. The van der Waals surface area contributed by atoms with Gasteiger partial charge in [-0.2, -0.15) is 0 Å². The molecule has 0 radical (unpaired) electrons. The maximum Gasteiger partial charge on any atom is 0.320 e. The van der Waals surface area contributed by atoms with Crippen LogP contribution in [0.15, 0.2) is 67.0 Å². The molecule has 0 aliphatic heterocycles. The number of aryl methyl sites for hydroxylation is 1. The predicted molar refractivity (Wildman–Crippen MR) is 96.6 cm³/mol. The van der Waals surface area contributed by atoms with Crippen LogP contribution in [0.2, 0.25) is 0 Å². The Morgan fingerprint density at radius 3 is 2.52 bits per heavy atom. The van der Waals surface area contributed by atoms with Crippen LogP contribution in [0.1, 0.15) is 17.4 Å². The monoisotopic (exact) mass is 336 g/mol. The van der Waals surface area contributed by atoms with E-state index in [-0.39, 0.29) is 6.03 Å². The van der Waals surface area contributed by atoms with Crippen LogP contribution in [0.4, 0.5) is 10.5 Å². The van der Waals surface area contributed by atoms with Gasteiger partial charge in [0, 0.05) is 30.7 Å². The number of methoxy groups -OCH3 is 1. The lowest BCUT2D eigenvalue weighted by Crippen LogP contribution is -2.34. The summed E-state index contributed by atoms with van der Waals surface area (Å²) < 4.78 is 7.33. The number of hydrogen-bond acceptors (Lipinski definition) is 3. The lowest BCUT2D eigenvalue weighted by Gasteiger charge is -2.21. The van der Waals surface area contributed by atoms with Crippen molar-refractivity contribution >= 4 is 11.7 Å². The molecule has 3 aromatic rings. The first-order valence-corrected chi connectivity index (χ1v) is 7.91. The van der Waals surface area contributed by atoms with Gasteiger partial charge in [-0.05, 0) is 18.2 Å². The van der Waals surface area contributed by atoms with Crippen LogP contribution in [-0.4, -0.2) is 22.7 Å². The van der Waals surface area contributed by atoms with Crippen molar-refractivity contribution in [1.29, 1.82) is 0 Å². The zero-order valence-corrected chi connectivity index (χ0v) is 14.1. The van der Waals surface area contributed by atoms with Gasteiger partial charge in [-0.25, -0.2) is 9.78 Å². The van der Waals surface area contributed by atoms with Gasteiger partial charge in [0.1, 0.15) is 17.6 Å². The van der Waals surface area contributed by atoms with Crippen molar-refractivity contribution in [2.45, 2.75) is 6.04 Å². The molecule has 128 valence electrons. The summed E-state index contributed by atoms with van der Waals surface area (Å²) >= 11 is 0. The third-order valence-corrected chi connectivity index (χ3v) is 3.87. The smallest absolute Gasteiger partial charge is 0.320 e. The number of nitrogens with zero attached hydrogens (tertiary/aromatic N) is 2. The predicted octanol–water partition coefficient (Wildman–Crippen LogP) is 3.34. The molecule has 0 aliphatic carbocycles. The minimum absolute atomic E-state index is 0.315. The van der Waals surface area contributed by atoms with Crippen LogP contribution in [-0.2, 0) is 7.05 Å². The zero-order valence-electron chi connectivity index (χ0n) is 14.1. The van der Waals surface area contributed by atoms with Gasteiger partial charge in [0.25, 0.3) is 0 Å². The Morgan fingerprint density at radius 2 is 1.84 bits per heavy atom. The number of nitrogens with one attached hydrogen (secondary N) is 2. The van der Waals surface area contributed by atoms with Crippen molar-refractivity contribution in [3.8, 4) is 5.75 Å². The number of para-hydroxylation sites is 2. The highest BCUT2D eigenvalue weighted by Crippen LogP contribution is 2.29. The lowest BCUT2D eigenvalue weighted by atomic mass is 10.0. The molecule has 1 heterocycles. The van der Waals surface area contributed by atoms with Crippen LogP contribution in [0, 0.1) is 0 Å². The average molecular weight is 336 g/mol. The topological polar surface area (TPSA) is 68.2 Å². The van der Waals surface area contributed by atoms with E-state index in [1.807, 2.05) is 72.4 Å². The molecule has 2 aromatic carbocycles. The van der Waals surface area contributed by atoms with Gasteiger partial charge < -0.3 is 19.9 Å². The van der Waals surface area contributed by atoms with Crippen LogP contribution in [0.5, 0.6) is 5.75 Å². The second kappa shape index (κ2) is 7.53. The summed E-state index contributed by atoms with van der Waals surface area (Å²) in [7, 11) is 3.50. The van der Waals surface area contributed by atoms with E-state index in [0.717, 1.165) is 11.3 Å². The van der Waals surface area contributed by atoms with Gasteiger partial charge in [0.15, 0.2) is 0 Å². The Balaban J connectivity index is 1.90. The second-order valence-electron chi connectivity index (χ2n) is 5.54. The van der Waals surface area contributed by atoms with E-state index in [1.54, 1.807) is 13.3 Å². The van der Waals surface area contributed by atoms with E-state index in [4.69, 9.17) is 4.74 Å². The molecule has 0 bridgehead atoms. The Bertz CT molecular complexity index is 845. The molecule has 3 rings (SSSR count). The summed E-state index contributed by atoms with van der Waals surface area (Å²) in [5.41, 5.74) is 1.56. The highest BCUT2D eigenvalue weighted by Gasteiger charge is 2.23. The third-order valence-electron chi connectivity index (χ3n) is 3.87. The summed E-state index contributed by atoms with van der Waals surface area (Å²) in [5, 5.41) is 5.82. The van der Waals surface area contributed by atoms with Gasteiger partial charge in [0.2, 0.25) is 0 Å². The second-order valence-corrected chi connectivity index (χ2v) is 5.54. The van der Waals surface area contributed by atoms with Crippen LogP contribution >= 0.6 is 0 Å². The summed E-state index contributed by atoms with van der Waals surface area (Å²) in [6.07, 6.45) is 3.54.